The first kappa shape index (κ1) is 22.8. The molecule has 148 valence electrons. The van der Waals surface area contributed by atoms with Gasteiger partial charge in [0.2, 0.25) is 10.0 Å². The standard InChI is InChI=1S/C18H19Cl3N2O2S.ClH/c19-15-12-17(21)18(13-16(15)20)26(24,25)23-10-8-22(9-11-23)7-6-14-4-2-1-3-5-14;/h1-5,12-13H,6-11H2;1H/p-1. The van der Waals surface area contributed by atoms with Crippen LogP contribution >= 0.6 is 34.8 Å². The third-order valence-corrected chi connectivity index (χ3v) is 7.57. The van der Waals surface area contributed by atoms with Crippen LogP contribution in [0.3, 0.4) is 0 Å². The summed E-state index contributed by atoms with van der Waals surface area (Å²) in [4.78, 5) is 2.28. The second kappa shape index (κ2) is 9.79. The van der Waals surface area contributed by atoms with Gasteiger partial charge in [0.05, 0.1) is 15.1 Å². The molecule has 9 heteroatoms. The lowest BCUT2D eigenvalue weighted by Gasteiger charge is -2.34. The Morgan fingerprint density at radius 1 is 0.852 bits per heavy atom. The van der Waals surface area contributed by atoms with E-state index in [9.17, 15) is 8.42 Å². The number of hydrogen-bond donors (Lipinski definition) is 0. The SMILES string of the molecule is O=S(=O)(c1cc(Cl)c(Cl)cc1Cl)N1CCN(CCc2ccccc2)CC1.[Cl-]. The summed E-state index contributed by atoms with van der Waals surface area (Å²) in [6.07, 6.45) is 0.951. The molecule has 0 radical (unpaired) electrons. The zero-order chi connectivity index (χ0) is 18.7. The van der Waals surface area contributed by atoms with Gasteiger partial charge in [-0.1, -0.05) is 65.1 Å². The molecule has 1 saturated heterocycles. The fourth-order valence-corrected chi connectivity index (χ4v) is 5.36. The van der Waals surface area contributed by atoms with Crippen LogP contribution in [0.5, 0.6) is 0 Å². The van der Waals surface area contributed by atoms with Crippen molar-refractivity contribution in [3.05, 3.63) is 63.1 Å². The molecule has 3 rings (SSSR count). The Morgan fingerprint density at radius 3 is 2.07 bits per heavy atom. The fraction of sp³-hybridized carbons (Fsp3) is 0.333. The summed E-state index contributed by atoms with van der Waals surface area (Å²) in [6, 6.07) is 13.0. The second-order valence-corrected chi connectivity index (χ2v) is 9.31. The number of nitrogens with zero attached hydrogens (tertiary/aromatic N) is 2. The van der Waals surface area contributed by atoms with Gasteiger partial charge >= 0.3 is 0 Å². The van der Waals surface area contributed by atoms with Crippen LogP contribution in [-0.4, -0.2) is 50.3 Å². The molecule has 1 fully saturated rings. The Labute approximate surface area is 181 Å². The van der Waals surface area contributed by atoms with Gasteiger partial charge in [-0.25, -0.2) is 8.42 Å². The molecular formula is C18H19Cl4N2O2S-. The molecule has 0 amide bonds. The van der Waals surface area contributed by atoms with Crippen molar-refractivity contribution in [3.63, 3.8) is 0 Å². The average molecular weight is 469 g/mol. The largest absolute Gasteiger partial charge is 1.00 e. The summed E-state index contributed by atoms with van der Waals surface area (Å²) in [7, 11) is -3.69. The summed E-state index contributed by atoms with van der Waals surface area (Å²) in [6.45, 7) is 3.13. The molecular weight excluding hydrogens is 450 g/mol. The van der Waals surface area contributed by atoms with Gasteiger partial charge in [-0.3, -0.25) is 0 Å². The van der Waals surface area contributed by atoms with Crippen molar-refractivity contribution in [3.8, 4) is 0 Å². The van der Waals surface area contributed by atoms with Crippen LogP contribution in [0.15, 0.2) is 47.4 Å². The van der Waals surface area contributed by atoms with Crippen molar-refractivity contribution in [2.24, 2.45) is 0 Å². The van der Waals surface area contributed by atoms with E-state index in [1.54, 1.807) is 0 Å². The minimum atomic E-state index is -3.69. The smallest absolute Gasteiger partial charge is 0.244 e. The first-order valence-corrected chi connectivity index (χ1v) is 10.9. The Bertz CT molecular complexity index is 870. The predicted octanol–water partition coefficient (Wildman–Crippen LogP) is 1.20. The predicted molar refractivity (Wildman–Crippen MR) is 107 cm³/mol. The molecule has 1 aliphatic heterocycles. The summed E-state index contributed by atoms with van der Waals surface area (Å²) in [5.74, 6) is 0. The van der Waals surface area contributed by atoms with Crippen molar-refractivity contribution in [2.75, 3.05) is 32.7 Å². The van der Waals surface area contributed by atoms with Gasteiger partial charge < -0.3 is 17.3 Å². The monoisotopic (exact) mass is 467 g/mol. The minimum absolute atomic E-state index is 0. The molecule has 1 heterocycles. The van der Waals surface area contributed by atoms with Crippen LogP contribution in [0, 0.1) is 0 Å². The fourth-order valence-electron chi connectivity index (χ4n) is 2.97. The van der Waals surface area contributed by atoms with Crippen molar-refractivity contribution in [2.45, 2.75) is 11.3 Å². The van der Waals surface area contributed by atoms with Gasteiger partial charge in [0, 0.05) is 32.7 Å². The van der Waals surface area contributed by atoms with E-state index < -0.39 is 10.0 Å². The van der Waals surface area contributed by atoms with Crippen molar-refractivity contribution in [1.82, 2.24) is 9.21 Å². The topological polar surface area (TPSA) is 40.6 Å². The molecule has 0 aromatic heterocycles. The number of halogens is 4. The molecule has 0 saturated carbocycles. The molecule has 0 N–H and O–H groups in total. The highest BCUT2D eigenvalue weighted by molar-refractivity contribution is 7.89. The number of rotatable bonds is 5. The van der Waals surface area contributed by atoms with E-state index in [-0.39, 0.29) is 32.4 Å². The lowest BCUT2D eigenvalue weighted by Crippen LogP contribution is -3.00. The second-order valence-electron chi connectivity index (χ2n) is 6.18. The Kier molecular flexibility index (Phi) is 8.25. The molecule has 0 bridgehead atoms. The van der Waals surface area contributed by atoms with Gasteiger partial charge in [0.1, 0.15) is 4.90 Å². The van der Waals surface area contributed by atoms with Gasteiger partial charge in [-0.15, -0.1) is 0 Å². The Morgan fingerprint density at radius 2 is 1.44 bits per heavy atom. The Balaban J connectivity index is 0.00000261. The van der Waals surface area contributed by atoms with Gasteiger partial charge in [0.15, 0.2) is 0 Å². The first-order valence-electron chi connectivity index (χ1n) is 8.29. The Hall–Kier alpha value is -0.530. The molecule has 0 spiro atoms. The molecule has 0 unspecified atom stereocenters. The quantitative estimate of drug-likeness (QED) is 0.619. The highest BCUT2D eigenvalue weighted by Crippen LogP contribution is 2.33. The summed E-state index contributed by atoms with van der Waals surface area (Å²) >= 11 is 18.0. The third kappa shape index (κ3) is 5.51. The van der Waals surface area contributed by atoms with E-state index in [0.29, 0.717) is 26.2 Å². The van der Waals surface area contributed by atoms with E-state index in [0.717, 1.165) is 13.0 Å². The van der Waals surface area contributed by atoms with Crippen molar-refractivity contribution >= 4 is 44.8 Å². The van der Waals surface area contributed by atoms with E-state index in [1.807, 2.05) is 18.2 Å². The molecule has 1 aliphatic rings. The molecule has 2 aromatic rings. The van der Waals surface area contributed by atoms with Gasteiger partial charge in [-0.05, 0) is 24.1 Å². The van der Waals surface area contributed by atoms with E-state index >= 15 is 0 Å². The zero-order valence-electron chi connectivity index (χ0n) is 14.4. The zero-order valence-corrected chi connectivity index (χ0v) is 18.3. The maximum absolute atomic E-state index is 12.9. The van der Waals surface area contributed by atoms with Gasteiger partial charge in [-0.2, -0.15) is 4.31 Å². The number of hydrogen-bond acceptors (Lipinski definition) is 3. The van der Waals surface area contributed by atoms with Crippen LogP contribution in [0.4, 0.5) is 0 Å². The molecule has 4 nitrogen and oxygen atoms in total. The van der Waals surface area contributed by atoms with Crippen molar-refractivity contribution in [1.29, 1.82) is 0 Å². The lowest BCUT2D eigenvalue weighted by atomic mass is 10.1. The highest BCUT2D eigenvalue weighted by atomic mass is 35.5. The van der Waals surface area contributed by atoms with Crippen LogP contribution in [0.25, 0.3) is 0 Å². The summed E-state index contributed by atoms with van der Waals surface area (Å²) in [5, 5.41) is 0.503. The number of benzene rings is 2. The summed E-state index contributed by atoms with van der Waals surface area (Å²) in [5.41, 5.74) is 1.28. The van der Waals surface area contributed by atoms with Crippen LogP contribution in [0.2, 0.25) is 15.1 Å². The van der Waals surface area contributed by atoms with E-state index in [2.05, 4.69) is 17.0 Å². The van der Waals surface area contributed by atoms with E-state index in [4.69, 9.17) is 34.8 Å². The number of piperazine rings is 1. The van der Waals surface area contributed by atoms with Crippen LogP contribution < -0.4 is 12.4 Å². The number of sulfonamides is 1. The average Bonchev–Trinajstić information content (AvgIpc) is 2.64. The van der Waals surface area contributed by atoms with E-state index in [1.165, 1.54) is 22.0 Å². The first-order chi connectivity index (χ1) is 12.4. The molecule has 27 heavy (non-hydrogen) atoms. The van der Waals surface area contributed by atoms with Crippen LogP contribution in [-0.2, 0) is 16.4 Å². The maximum atomic E-state index is 12.9. The molecule has 0 aliphatic carbocycles. The maximum Gasteiger partial charge on any atom is 0.244 e. The van der Waals surface area contributed by atoms with Crippen molar-refractivity contribution < 1.29 is 20.8 Å². The van der Waals surface area contributed by atoms with Crippen LogP contribution in [0.1, 0.15) is 5.56 Å². The lowest BCUT2D eigenvalue weighted by molar-refractivity contribution is -0.00000758. The third-order valence-electron chi connectivity index (χ3n) is 4.48. The molecule has 0 atom stereocenters. The summed E-state index contributed by atoms with van der Waals surface area (Å²) < 4.78 is 27.2. The minimum Gasteiger partial charge on any atom is -1.00 e. The molecule has 2 aromatic carbocycles. The normalized spacial score (nSPS) is 16.1. The van der Waals surface area contributed by atoms with Gasteiger partial charge in [0.25, 0.3) is 0 Å². The highest BCUT2D eigenvalue weighted by Gasteiger charge is 2.30.